The number of pyridine rings is 1. The lowest BCUT2D eigenvalue weighted by atomic mass is 10.1. The van der Waals surface area contributed by atoms with Gasteiger partial charge in [-0.15, -0.1) is 0 Å². The second-order valence-corrected chi connectivity index (χ2v) is 5.10. The molecule has 0 saturated carbocycles. The Kier molecular flexibility index (Phi) is 6.91. The lowest BCUT2D eigenvalue weighted by Crippen LogP contribution is -2.22. The topological polar surface area (TPSA) is 80.3 Å². The fourth-order valence-electron chi connectivity index (χ4n) is 2.13. The van der Waals surface area contributed by atoms with Gasteiger partial charge in [0.15, 0.2) is 0 Å². The minimum atomic E-state index is -0.441. The van der Waals surface area contributed by atoms with Gasteiger partial charge in [-0.25, -0.2) is 4.79 Å². The summed E-state index contributed by atoms with van der Waals surface area (Å²) < 4.78 is 4.99. The molecule has 1 heterocycles. The first-order valence-corrected chi connectivity index (χ1v) is 7.86. The summed E-state index contributed by atoms with van der Waals surface area (Å²) in [6.45, 7) is 3.25. The molecule has 126 valence electrons. The zero-order chi connectivity index (χ0) is 17.2. The molecule has 0 atom stereocenters. The number of hydrogen-bond acceptors (Lipinski definition) is 5. The quantitative estimate of drug-likeness (QED) is 0.575. The van der Waals surface area contributed by atoms with Crippen LogP contribution in [0, 0.1) is 0 Å². The van der Waals surface area contributed by atoms with Gasteiger partial charge in [-0.1, -0.05) is 12.1 Å². The third-order valence-corrected chi connectivity index (χ3v) is 3.30. The average molecular weight is 327 g/mol. The Bertz CT molecular complexity index is 674. The smallest absolute Gasteiger partial charge is 0.340 e. The van der Waals surface area contributed by atoms with E-state index >= 15 is 0 Å². The van der Waals surface area contributed by atoms with Gasteiger partial charge in [0, 0.05) is 31.9 Å². The summed E-state index contributed by atoms with van der Waals surface area (Å²) >= 11 is 0. The van der Waals surface area contributed by atoms with Crippen molar-refractivity contribution in [2.75, 3.05) is 18.5 Å². The van der Waals surface area contributed by atoms with Gasteiger partial charge in [0.25, 0.3) is 0 Å². The fourth-order valence-corrected chi connectivity index (χ4v) is 2.13. The van der Waals surface area contributed by atoms with Gasteiger partial charge in [-0.3, -0.25) is 9.78 Å². The molecule has 0 aliphatic rings. The summed E-state index contributed by atoms with van der Waals surface area (Å²) in [5.41, 5.74) is 1.94. The van der Waals surface area contributed by atoms with Crippen molar-refractivity contribution in [2.24, 2.45) is 0 Å². The molecule has 2 aromatic rings. The molecule has 6 heteroatoms. The van der Waals surface area contributed by atoms with Crippen LogP contribution in [0.15, 0.2) is 48.8 Å². The van der Waals surface area contributed by atoms with E-state index in [1.807, 2.05) is 12.1 Å². The molecule has 2 rings (SSSR count). The molecule has 2 N–H and O–H groups in total. The summed E-state index contributed by atoms with van der Waals surface area (Å²) in [6, 6.07) is 10.7. The lowest BCUT2D eigenvalue weighted by Gasteiger charge is -2.10. The first kappa shape index (κ1) is 17.6. The van der Waals surface area contributed by atoms with Gasteiger partial charge in [-0.05, 0) is 36.8 Å². The van der Waals surface area contributed by atoms with Crippen LogP contribution in [-0.4, -0.2) is 30.0 Å². The molecule has 0 unspecified atom stereocenters. The highest BCUT2D eigenvalue weighted by molar-refractivity contribution is 6.01. The Hall–Kier alpha value is -2.73. The number of ether oxygens (including phenoxy) is 1. The molecular formula is C18H21N3O3. The zero-order valence-corrected chi connectivity index (χ0v) is 13.6. The van der Waals surface area contributed by atoms with Crippen LogP contribution in [0.1, 0.15) is 29.3 Å². The molecule has 0 aliphatic heterocycles. The molecule has 1 aromatic heterocycles. The monoisotopic (exact) mass is 327 g/mol. The number of nitrogens with one attached hydrogen (secondary N) is 2. The van der Waals surface area contributed by atoms with Crippen LogP contribution >= 0.6 is 0 Å². The Morgan fingerprint density at radius 3 is 2.62 bits per heavy atom. The minimum absolute atomic E-state index is 0.158. The van der Waals surface area contributed by atoms with Crippen LogP contribution in [0.4, 0.5) is 5.69 Å². The highest BCUT2D eigenvalue weighted by Gasteiger charge is 2.13. The second kappa shape index (κ2) is 9.42. The molecule has 0 fully saturated rings. The summed E-state index contributed by atoms with van der Waals surface area (Å²) in [5.74, 6) is -0.599. The van der Waals surface area contributed by atoms with Crippen LogP contribution < -0.4 is 10.6 Å². The first-order valence-electron chi connectivity index (χ1n) is 7.86. The number of aromatic nitrogens is 1. The summed E-state index contributed by atoms with van der Waals surface area (Å²) in [7, 11) is 0. The highest BCUT2D eigenvalue weighted by Crippen LogP contribution is 2.16. The number of carbonyl (C=O) groups is 2. The maximum atomic E-state index is 12.0. The zero-order valence-electron chi connectivity index (χ0n) is 13.6. The van der Waals surface area contributed by atoms with Crippen molar-refractivity contribution in [2.45, 2.75) is 19.9 Å². The highest BCUT2D eigenvalue weighted by atomic mass is 16.5. The molecule has 6 nitrogen and oxygen atoms in total. The van der Waals surface area contributed by atoms with Crippen molar-refractivity contribution in [1.29, 1.82) is 0 Å². The number of para-hydroxylation sites is 1. The number of hydrogen-bond donors (Lipinski definition) is 2. The molecule has 0 radical (unpaired) electrons. The molecule has 24 heavy (non-hydrogen) atoms. The Morgan fingerprint density at radius 2 is 1.88 bits per heavy atom. The van der Waals surface area contributed by atoms with Crippen molar-refractivity contribution in [3.05, 3.63) is 59.9 Å². The van der Waals surface area contributed by atoms with E-state index < -0.39 is 5.97 Å². The molecule has 0 aliphatic carbocycles. The van der Waals surface area contributed by atoms with Gasteiger partial charge < -0.3 is 15.4 Å². The number of esters is 1. The predicted octanol–water partition coefficient (Wildman–Crippen LogP) is 2.38. The van der Waals surface area contributed by atoms with Gasteiger partial charge in [-0.2, -0.15) is 0 Å². The Morgan fingerprint density at radius 1 is 1.12 bits per heavy atom. The molecule has 0 saturated heterocycles. The van der Waals surface area contributed by atoms with Crippen molar-refractivity contribution >= 4 is 17.6 Å². The van der Waals surface area contributed by atoms with E-state index in [1.54, 1.807) is 43.6 Å². The maximum Gasteiger partial charge on any atom is 0.340 e. The van der Waals surface area contributed by atoms with E-state index in [0.717, 1.165) is 5.56 Å². The van der Waals surface area contributed by atoms with Crippen molar-refractivity contribution in [3.8, 4) is 0 Å². The van der Waals surface area contributed by atoms with Crippen LogP contribution in [0.25, 0.3) is 0 Å². The normalized spacial score (nSPS) is 10.2. The summed E-state index contributed by atoms with van der Waals surface area (Å²) in [5, 5.41) is 5.95. The van der Waals surface area contributed by atoms with E-state index in [-0.39, 0.29) is 5.91 Å². The molecular weight excluding hydrogens is 306 g/mol. The number of carbonyl (C=O) groups excluding carboxylic acids is 2. The molecule has 0 spiro atoms. The first-order chi connectivity index (χ1) is 11.7. The van der Waals surface area contributed by atoms with Gasteiger partial charge in [0.1, 0.15) is 0 Å². The van der Waals surface area contributed by atoms with Crippen LogP contribution in [0.3, 0.4) is 0 Å². The maximum absolute atomic E-state index is 12.0. The third-order valence-electron chi connectivity index (χ3n) is 3.30. The second-order valence-electron chi connectivity index (χ2n) is 5.10. The number of rotatable bonds is 8. The predicted molar refractivity (Wildman–Crippen MR) is 91.6 cm³/mol. The van der Waals surface area contributed by atoms with E-state index in [9.17, 15) is 9.59 Å². The molecule has 1 amide bonds. The number of benzene rings is 1. The van der Waals surface area contributed by atoms with E-state index in [0.29, 0.717) is 37.4 Å². The largest absolute Gasteiger partial charge is 0.462 e. The average Bonchev–Trinajstić information content (AvgIpc) is 2.60. The van der Waals surface area contributed by atoms with Crippen molar-refractivity contribution in [3.63, 3.8) is 0 Å². The van der Waals surface area contributed by atoms with E-state index in [2.05, 4.69) is 15.6 Å². The van der Waals surface area contributed by atoms with Crippen molar-refractivity contribution < 1.29 is 14.3 Å². The molecule has 0 bridgehead atoms. The summed E-state index contributed by atoms with van der Waals surface area (Å²) in [4.78, 5) is 27.9. The van der Waals surface area contributed by atoms with Crippen LogP contribution in [0.5, 0.6) is 0 Å². The fraction of sp³-hybridized carbons (Fsp3) is 0.278. The Balaban J connectivity index is 1.81. The van der Waals surface area contributed by atoms with E-state index in [1.165, 1.54) is 0 Å². The SMILES string of the molecule is CCOC(=O)c1ccccc1NC(=O)CCNCc1ccncc1. The van der Waals surface area contributed by atoms with Crippen LogP contribution in [-0.2, 0) is 16.1 Å². The minimum Gasteiger partial charge on any atom is -0.462 e. The standard InChI is InChI=1S/C18H21N3O3/c1-2-24-18(23)15-5-3-4-6-16(15)21-17(22)9-12-20-13-14-7-10-19-11-8-14/h3-8,10-11,20H,2,9,12-13H2,1H3,(H,21,22). The van der Waals surface area contributed by atoms with Gasteiger partial charge in [0.05, 0.1) is 17.9 Å². The van der Waals surface area contributed by atoms with Crippen LogP contribution in [0.2, 0.25) is 0 Å². The van der Waals surface area contributed by atoms with Gasteiger partial charge >= 0.3 is 5.97 Å². The van der Waals surface area contributed by atoms with E-state index in [4.69, 9.17) is 4.74 Å². The number of nitrogens with zero attached hydrogens (tertiary/aromatic N) is 1. The number of anilines is 1. The molecule has 1 aromatic carbocycles. The summed E-state index contributed by atoms with van der Waals surface area (Å²) in [6.07, 6.45) is 3.77. The number of amides is 1. The van der Waals surface area contributed by atoms with Crippen molar-refractivity contribution in [1.82, 2.24) is 10.3 Å². The Labute approximate surface area is 141 Å². The van der Waals surface area contributed by atoms with Gasteiger partial charge in [0.2, 0.25) is 5.91 Å². The lowest BCUT2D eigenvalue weighted by molar-refractivity contribution is -0.116. The third kappa shape index (κ3) is 5.48.